The molecule has 1 saturated heterocycles. The van der Waals surface area contributed by atoms with E-state index in [0.29, 0.717) is 24.9 Å². The van der Waals surface area contributed by atoms with Crippen LogP contribution < -0.4 is 10.2 Å². The Labute approximate surface area is 136 Å². The van der Waals surface area contributed by atoms with Gasteiger partial charge in [0.1, 0.15) is 10.7 Å². The molecule has 126 valence electrons. The van der Waals surface area contributed by atoms with Gasteiger partial charge in [-0.2, -0.15) is 4.31 Å². The molecule has 7 nitrogen and oxygen atoms in total. The maximum absolute atomic E-state index is 12.4. The highest BCUT2D eigenvalue weighted by Crippen LogP contribution is 2.22. The number of anilines is 1. The van der Waals surface area contributed by atoms with Crippen molar-refractivity contribution in [3.8, 4) is 0 Å². The van der Waals surface area contributed by atoms with Crippen LogP contribution in [0, 0.1) is 0 Å². The van der Waals surface area contributed by atoms with Gasteiger partial charge in [0.05, 0.1) is 6.54 Å². The van der Waals surface area contributed by atoms with E-state index in [1.807, 2.05) is 0 Å². The maximum Gasteiger partial charge on any atom is 0.244 e. The summed E-state index contributed by atoms with van der Waals surface area (Å²) < 4.78 is 26.4. The van der Waals surface area contributed by atoms with Crippen LogP contribution in [0.15, 0.2) is 23.2 Å². The van der Waals surface area contributed by atoms with Crippen LogP contribution in [0.4, 0.5) is 5.82 Å². The number of hydrogen-bond acceptors (Lipinski definition) is 5. The Hall–Kier alpha value is -1.67. The summed E-state index contributed by atoms with van der Waals surface area (Å²) in [4.78, 5) is 17.9. The van der Waals surface area contributed by atoms with Crippen molar-refractivity contribution in [3.05, 3.63) is 18.3 Å². The highest BCUT2D eigenvalue weighted by molar-refractivity contribution is 7.89. The molecule has 23 heavy (non-hydrogen) atoms. The first-order valence-electron chi connectivity index (χ1n) is 7.93. The number of rotatable bonds is 6. The number of carbonyl (C=O) groups is 1. The van der Waals surface area contributed by atoms with Crippen molar-refractivity contribution in [1.82, 2.24) is 14.6 Å². The highest BCUT2D eigenvalue weighted by Gasteiger charge is 2.27. The van der Waals surface area contributed by atoms with Crippen LogP contribution >= 0.6 is 0 Å². The van der Waals surface area contributed by atoms with Gasteiger partial charge >= 0.3 is 0 Å². The molecule has 1 aromatic heterocycles. The molecule has 0 unspecified atom stereocenters. The lowest BCUT2D eigenvalue weighted by molar-refractivity contribution is -0.119. The van der Waals surface area contributed by atoms with Crippen molar-refractivity contribution in [3.63, 3.8) is 0 Å². The quantitative estimate of drug-likeness (QED) is 0.820. The number of hydrogen-bond donors (Lipinski definition) is 1. The molecule has 2 aliphatic rings. The zero-order chi connectivity index (χ0) is 16.4. The molecule has 0 spiro atoms. The molecule has 0 bridgehead atoms. The summed E-state index contributed by atoms with van der Waals surface area (Å²) in [5.41, 5.74) is 0. The molecule has 1 aliphatic carbocycles. The van der Waals surface area contributed by atoms with E-state index in [0.717, 1.165) is 25.7 Å². The summed E-state index contributed by atoms with van der Waals surface area (Å²) in [5.74, 6) is 0.543. The molecule has 1 N–H and O–H groups in total. The Morgan fingerprint density at radius 1 is 1.35 bits per heavy atom. The van der Waals surface area contributed by atoms with Crippen molar-refractivity contribution >= 4 is 21.7 Å². The summed E-state index contributed by atoms with van der Waals surface area (Å²) in [6, 6.07) is 3.54. The van der Waals surface area contributed by atoms with E-state index in [1.165, 1.54) is 10.5 Å². The van der Waals surface area contributed by atoms with Gasteiger partial charge in [0, 0.05) is 32.4 Å². The fourth-order valence-corrected chi connectivity index (χ4v) is 4.09. The van der Waals surface area contributed by atoms with E-state index in [9.17, 15) is 13.2 Å². The molecule has 1 saturated carbocycles. The third-order valence-corrected chi connectivity index (χ3v) is 6.02. The molecule has 3 rings (SSSR count). The summed E-state index contributed by atoms with van der Waals surface area (Å²) in [7, 11) is -1.67. The number of aromatic nitrogens is 1. The van der Waals surface area contributed by atoms with Crippen LogP contribution in [0.2, 0.25) is 0 Å². The van der Waals surface area contributed by atoms with Gasteiger partial charge in [-0.3, -0.25) is 4.79 Å². The predicted octanol–water partition coefficient (Wildman–Crippen LogP) is 0.581. The van der Waals surface area contributed by atoms with E-state index < -0.39 is 10.0 Å². The number of nitrogens with one attached hydrogen (secondary N) is 1. The first-order valence-corrected chi connectivity index (χ1v) is 9.37. The average Bonchev–Trinajstić information content (AvgIpc) is 3.16. The summed E-state index contributed by atoms with van der Waals surface area (Å²) in [6.07, 6.45) is 5.29. The molecule has 2 heterocycles. The van der Waals surface area contributed by atoms with E-state index in [1.54, 1.807) is 24.1 Å². The Morgan fingerprint density at radius 3 is 2.61 bits per heavy atom. The number of nitrogens with zero attached hydrogens (tertiary/aromatic N) is 3. The second-order valence-electron chi connectivity index (χ2n) is 6.16. The fourth-order valence-electron chi connectivity index (χ4n) is 2.63. The first-order chi connectivity index (χ1) is 11.0. The van der Waals surface area contributed by atoms with E-state index in [2.05, 4.69) is 10.3 Å². The number of amides is 1. The van der Waals surface area contributed by atoms with Gasteiger partial charge in [-0.25, -0.2) is 13.4 Å². The van der Waals surface area contributed by atoms with Crippen LogP contribution in [0.3, 0.4) is 0 Å². The molecule has 1 amide bonds. The second-order valence-corrected chi connectivity index (χ2v) is 8.10. The summed E-state index contributed by atoms with van der Waals surface area (Å²) in [5, 5.41) is 2.92. The molecule has 1 aliphatic heterocycles. The molecular formula is C15H22N4O3S. The number of pyridine rings is 1. The van der Waals surface area contributed by atoms with Gasteiger partial charge in [-0.05, 0) is 37.8 Å². The van der Waals surface area contributed by atoms with Crippen molar-refractivity contribution in [2.45, 2.75) is 36.6 Å². The minimum absolute atomic E-state index is 0.0365. The second kappa shape index (κ2) is 6.45. The van der Waals surface area contributed by atoms with Crippen molar-refractivity contribution < 1.29 is 13.2 Å². The van der Waals surface area contributed by atoms with E-state index >= 15 is 0 Å². The SMILES string of the molecule is CN(CC(=O)NC1CC1)c1ccc(S(=O)(=O)N2CCCC2)cn1. The Morgan fingerprint density at radius 2 is 2.04 bits per heavy atom. The van der Waals surface area contributed by atoms with Crippen molar-refractivity contribution in [1.29, 1.82) is 0 Å². The first kappa shape index (κ1) is 16.2. The summed E-state index contributed by atoms with van der Waals surface area (Å²) in [6.45, 7) is 1.36. The highest BCUT2D eigenvalue weighted by atomic mass is 32.2. The van der Waals surface area contributed by atoms with Gasteiger partial charge in [-0.1, -0.05) is 0 Å². The van der Waals surface area contributed by atoms with Gasteiger partial charge in [0.25, 0.3) is 0 Å². The molecule has 1 aromatic rings. The van der Waals surface area contributed by atoms with Crippen LogP contribution in [0.25, 0.3) is 0 Å². The monoisotopic (exact) mass is 338 g/mol. The Bertz CT molecular complexity index is 664. The number of likely N-dealkylation sites (N-methyl/N-ethyl adjacent to an activating group) is 1. The summed E-state index contributed by atoms with van der Waals surface area (Å²) >= 11 is 0. The van der Waals surface area contributed by atoms with E-state index in [4.69, 9.17) is 0 Å². The van der Waals surface area contributed by atoms with Crippen molar-refractivity contribution in [2.75, 3.05) is 31.6 Å². The Kier molecular flexibility index (Phi) is 4.54. The smallest absolute Gasteiger partial charge is 0.244 e. The third-order valence-electron chi connectivity index (χ3n) is 4.14. The van der Waals surface area contributed by atoms with Crippen LogP contribution in [0.5, 0.6) is 0 Å². The molecule has 0 radical (unpaired) electrons. The van der Waals surface area contributed by atoms with Crippen LogP contribution in [0.1, 0.15) is 25.7 Å². The molecule has 2 fully saturated rings. The molecular weight excluding hydrogens is 316 g/mol. The predicted molar refractivity (Wildman–Crippen MR) is 86.7 cm³/mol. The Balaban J connectivity index is 1.64. The number of carbonyl (C=O) groups excluding carboxylic acids is 1. The van der Waals surface area contributed by atoms with Gasteiger partial charge in [-0.15, -0.1) is 0 Å². The average molecular weight is 338 g/mol. The minimum atomic E-state index is -3.44. The van der Waals surface area contributed by atoms with Gasteiger partial charge in [0.2, 0.25) is 15.9 Å². The molecule has 0 aromatic carbocycles. The van der Waals surface area contributed by atoms with E-state index in [-0.39, 0.29) is 17.3 Å². The third kappa shape index (κ3) is 3.81. The topological polar surface area (TPSA) is 82.6 Å². The molecule has 8 heteroatoms. The number of sulfonamides is 1. The standard InChI is InChI=1S/C15H22N4O3S/c1-18(11-15(20)17-12-4-5-12)14-7-6-13(10-16-14)23(21,22)19-8-2-3-9-19/h6-7,10,12H,2-5,8-9,11H2,1H3,(H,17,20). The fraction of sp³-hybridized carbons (Fsp3) is 0.600. The van der Waals surface area contributed by atoms with Crippen LogP contribution in [-0.2, 0) is 14.8 Å². The maximum atomic E-state index is 12.4. The lowest BCUT2D eigenvalue weighted by atomic mass is 10.4. The zero-order valence-corrected chi connectivity index (χ0v) is 14.1. The van der Waals surface area contributed by atoms with Gasteiger partial charge in [0.15, 0.2) is 0 Å². The lowest BCUT2D eigenvalue weighted by Gasteiger charge is -2.19. The minimum Gasteiger partial charge on any atom is -0.352 e. The largest absolute Gasteiger partial charge is 0.352 e. The van der Waals surface area contributed by atoms with Gasteiger partial charge < -0.3 is 10.2 Å². The zero-order valence-electron chi connectivity index (χ0n) is 13.2. The van der Waals surface area contributed by atoms with Crippen LogP contribution in [-0.4, -0.2) is 56.3 Å². The molecule has 0 atom stereocenters. The lowest BCUT2D eigenvalue weighted by Crippen LogP contribution is -2.36. The normalized spacial score (nSPS) is 18.8. The van der Waals surface area contributed by atoms with Crippen molar-refractivity contribution in [2.24, 2.45) is 0 Å².